The first-order valence-corrected chi connectivity index (χ1v) is 9.70. The normalized spacial score (nSPS) is 25.6. The molecule has 0 saturated carbocycles. The smallest absolute Gasteiger partial charge is 0.225 e. The summed E-state index contributed by atoms with van der Waals surface area (Å²) in [5.41, 5.74) is 2.99. The molecule has 136 valence electrons. The van der Waals surface area contributed by atoms with Crippen LogP contribution in [0.15, 0.2) is 24.3 Å². The molecule has 25 heavy (non-hydrogen) atoms. The van der Waals surface area contributed by atoms with E-state index in [9.17, 15) is 4.79 Å². The molecule has 2 fully saturated rings. The van der Waals surface area contributed by atoms with Crippen LogP contribution in [0, 0.1) is 0 Å². The van der Waals surface area contributed by atoms with Crippen LogP contribution in [0.1, 0.15) is 30.4 Å². The molecule has 0 radical (unpaired) electrons. The van der Waals surface area contributed by atoms with Crippen molar-refractivity contribution in [3.05, 3.63) is 35.4 Å². The molecule has 3 aliphatic heterocycles. The molecule has 3 aliphatic rings. The summed E-state index contributed by atoms with van der Waals surface area (Å²) >= 11 is 0. The summed E-state index contributed by atoms with van der Waals surface area (Å²) in [6.45, 7) is 6.41. The molecule has 0 spiro atoms. The highest BCUT2D eigenvalue weighted by molar-refractivity contribution is 5.76. The van der Waals surface area contributed by atoms with E-state index < -0.39 is 0 Å². The van der Waals surface area contributed by atoms with Gasteiger partial charge in [0.25, 0.3) is 0 Å². The second kappa shape index (κ2) is 7.85. The number of nitrogens with zero attached hydrogens (tertiary/aromatic N) is 2. The van der Waals surface area contributed by atoms with Gasteiger partial charge in [0, 0.05) is 45.3 Å². The zero-order chi connectivity index (χ0) is 17.1. The van der Waals surface area contributed by atoms with Gasteiger partial charge in [-0.3, -0.25) is 9.69 Å². The lowest BCUT2D eigenvalue weighted by atomic mass is 9.95. The fourth-order valence-corrected chi connectivity index (χ4v) is 4.38. The number of likely N-dealkylation sites (tertiary alicyclic amines) is 1. The summed E-state index contributed by atoms with van der Waals surface area (Å²) in [6, 6.07) is 9.43. The number of nitrogens with one attached hydrogen (secondary N) is 1. The summed E-state index contributed by atoms with van der Waals surface area (Å²) in [7, 11) is 0. The number of rotatable bonds is 3. The Bertz CT molecular complexity index is 592. The zero-order valence-corrected chi connectivity index (χ0v) is 15.0. The van der Waals surface area contributed by atoms with E-state index in [1.54, 1.807) is 0 Å². The van der Waals surface area contributed by atoms with Crippen LogP contribution in [-0.2, 0) is 22.5 Å². The fourth-order valence-electron chi connectivity index (χ4n) is 4.38. The number of carbonyl (C=O) groups excluding carboxylic acids is 1. The number of amides is 1. The quantitative estimate of drug-likeness (QED) is 0.901. The maximum Gasteiger partial charge on any atom is 0.225 e. The van der Waals surface area contributed by atoms with Gasteiger partial charge in [0.2, 0.25) is 5.91 Å². The average Bonchev–Trinajstić information content (AvgIpc) is 2.68. The van der Waals surface area contributed by atoms with Crippen molar-refractivity contribution in [1.82, 2.24) is 15.1 Å². The Hall–Kier alpha value is -1.43. The predicted molar refractivity (Wildman–Crippen MR) is 97.4 cm³/mol. The first-order chi connectivity index (χ1) is 12.3. The third-order valence-electron chi connectivity index (χ3n) is 5.90. The minimum absolute atomic E-state index is 0.0533. The standard InChI is InChI=1S/C20H29N3O2/c24-20(13-19-14-21-8-12-25-19)22-10-6-18(7-11-22)23-9-5-16-3-1-2-4-17(16)15-23/h1-4,18-19,21H,5-15H2. The van der Waals surface area contributed by atoms with Crippen LogP contribution < -0.4 is 5.32 Å². The number of hydrogen-bond acceptors (Lipinski definition) is 4. The second-order valence-electron chi connectivity index (χ2n) is 7.50. The van der Waals surface area contributed by atoms with Crippen LogP contribution in [0.4, 0.5) is 0 Å². The number of hydrogen-bond donors (Lipinski definition) is 1. The number of carbonyl (C=O) groups is 1. The molecule has 1 unspecified atom stereocenters. The van der Waals surface area contributed by atoms with Crippen LogP contribution in [0.5, 0.6) is 0 Å². The van der Waals surface area contributed by atoms with Gasteiger partial charge < -0.3 is 15.0 Å². The lowest BCUT2D eigenvalue weighted by molar-refractivity contribution is -0.136. The molecule has 3 heterocycles. The van der Waals surface area contributed by atoms with Gasteiger partial charge in [-0.1, -0.05) is 24.3 Å². The van der Waals surface area contributed by atoms with Crippen LogP contribution in [-0.4, -0.2) is 67.2 Å². The van der Waals surface area contributed by atoms with Crippen LogP contribution in [0.25, 0.3) is 0 Å². The van der Waals surface area contributed by atoms with Crippen molar-refractivity contribution >= 4 is 5.91 Å². The monoisotopic (exact) mass is 343 g/mol. The minimum Gasteiger partial charge on any atom is -0.375 e. The van der Waals surface area contributed by atoms with Gasteiger partial charge in [-0.25, -0.2) is 0 Å². The minimum atomic E-state index is 0.0533. The second-order valence-corrected chi connectivity index (χ2v) is 7.50. The van der Waals surface area contributed by atoms with E-state index in [1.807, 2.05) is 4.90 Å². The van der Waals surface area contributed by atoms with Crippen molar-refractivity contribution in [1.29, 1.82) is 0 Å². The number of piperidine rings is 1. The highest BCUT2D eigenvalue weighted by Gasteiger charge is 2.30. The van der Waals surface area contributed by atoms with Crippen molar-refractivity contribution in [2.45, 2.75) is 44.4 Å². The Labute approximate surface area is 150 Å². The summed E-state index contributed by atoms with van der Waals surface area (Å²) in [4.78, 5) is 17.2. The van der Waals surface area contributed by atoms with E-state index in [1.165, 1.54) is 11.1 Å². The molecule has 1 aromatic carbocycles. The summed E-state index contributed by atoms with van der Waals surface area (Å²) in [5, 5.41) is 3.30. The van der Waals surface area contributed by atoms with Crippen molar-refractivity contribution in [3.63, 3.8) is 0 Å². The number of fused-ring (bicyclic) bond motifs is 1. The number of morpholine rings is 1. The number of benzene rings is 1. The topological polar surface area (TPSA) is 44.8 Å². The highest BCUT2D eigenvalue weighted by Crippen LogP contribution is 2.25. The Morgan fingerprint density at radius 3 is 2.72 bits per heavy atom. The highest BCUT2D eigenvalue weighted by atomic mass is 16.5. The molecule has 1 N–H and O–H groups in total. The molecule has 0 aromatic heterocycles. The van der Waals surface area contributed by atoms with E-state index in [4.69, 9.17) is 4.74 Å². The molecule has 2 saturated heterocycles. The van der Waals surface area contributed by atoms with Crippen LogP contribution >= 0.6 is 0 Å². The Balaban J connectivity index is 1.26. The Kier molecular flexibility index (Phi) is 5.34. The first kappa shape index (κ1) is 17.0. The van der Waals surface area contributed by atoms with Crippen molar-refractivity contribution in [2.75, 3.05) is 39.3 Å². The van der Waals surface area contributed by atoms with Crippen molar-refractivity contribution in [2.24, 2.45) is 0 Å². The Morgan fingerprint density at radius 2 is 1.96 bits per heavy atom. The Morgan fingerprint density at radius 1 is 1.16 bits per heavy atom. The van der Waals surface area contributed by atoms with E-state index in [0.717, 1.165) is 65.1 Å². The first-order valence-electron chi connectivity index (χ1n) is 9.70. The average molecular weight is 343 g/mol. The summed E-state index contributed by atoms with van der Waals surface area (Å²) in [6.07, 6.45) is 3.92. The molecule has 4 rings (SSSR count). The van der Waals surface area contributed by atoms with E-state index in [2.05, 4.69) is 34.5 Å². The lowest BCUT2D eigenvalue weighted by Gasteiger charge is -2.41. The summed E-state index contributed by atoms with van der Waals surface area (Å²) < 4.78 is 5.67. The molecule has 5 heteroatoms. The van der Waals surface area contributed by atoms with E-state index in [0.29, 0.717) is 12.5 Å². The molecular weight excluding hydrogens is 314 g/mol. The maximum absolute atomic E-state index is 12.5. The van der Waals surface area contributed by atoms with E-state index in [-0.39, 0.29) is 12.0 Å². The zero-order valence-electron chi connectivity index (χ0n) is 15.0. The van der Waals surface area contributed by atoms with Gasteiger partial charge in [-0.15, -0.1) is 0 Å². The van der Waals surface area contributed by atoms with Gasteiger partial charge in [-0.2, -0.15) is 0 Å². The molecule has 0 bridgehead atoms. The molecule has 1 atom stereocenters. The van der Waals surface area contributed by atoms with Crippen molar-refractivity contribution in [3.8, 4) is 0 Å². The largest absolute Gasteiger partial charge is 0.375 e. The van der Waals surface area contributed by atoms with Gasteiger partial charge in [0.15, 0.2) is 0 Å². The lowest BCUT2D eigenvalue weighted by Crippen LogP contribution is -2.49. The van der Waals surface area contributed by atoms with E-state index >= 15 is 0 Å². The van der Waals surface area contributed by atoms with Gasteiger partial charge >= 0.3 is 0 Å². The third kappa shape index (κ3) is 4.05. The van der Waals surface area contributed by atoms with Gasteiger partial charge in [-0.05, 0) is 30.4 Å². The summed E-state index contributed by atoms with van der Waals surface area (Å²) in [5.74, 6) is 0.260. The molecule has 1 aromatic rings. The van der Waals surface area contributed by atoms with Crippen molar-refractivity contribution < 1.29 is 9.53 Å². The molecule has 5 nitrogen and oxygen atoms in total. The molecule has 1 amide bonds. The van der Waals surface area contributed by atoms with Gasteiger partial charge in [0.05, 0.1) is 19.1 Å². The van der Waals surface area contributed by atoms with Gasteiger partial charge in [0.1, 0.15) is 0 Å². The SMILES string of the molecule is O=C(CC1CNCCO1)N1CCC(N2CCc3ccccc3C2)CC1. The van der Waals surface area contributed by atoms with Crippen LogP contribution in [0.2, 0.25) is 0 Å². The number of ether oxygens (including phenoxy) is 1. The van der Waals surface area contributed by atoms with Crippen LogP contribution in [0.3, 0.4) is 0 Å². The maximum atomic E-state index is 12.5. The molecular formula is C20H29N3O2. The third-order valence-corrected chi connectivity index (χ3v) is 5.90. The molecule has 0 aliphatic carbocycles. The predicted octanol–water partition coefficient (Wildman–Crippen LogP) is 1.41. The fraction of sp³-hybridized carbons (Fsp3) is 0.650.